The number of halogens is 1. The molecule has 0 radical (unpaired) electrons. The molecular formula is C20H27ClNO5P. The summed E-state index contributed by atoms with van der Waals surface area (Å²) in [6.45, 7) is 4.30. The first-order chi connectivity index (χ1) is 13.3. The highest BCUT2D eigenvalue weighted by Crippen LogP contribution is 2.41. The van der Waals surface area contributed by atoms with Gasteiger partial charge in [0.25, 0.3) is 0 Å². The Morgan fingerprint density at radius 1 is 1.14 bits per heavy atom. The molecule has 3 N–H and O–H groups in total. The van der Waals surface area contributed by atoms with Gasteiger partial charge in [0.05, 0.1) is 12.7 Å². The molecule has 0 heterocycles. The first-order valence-corrected chi connectivity index (χ1v) is 11.3. The van der Waals surface area contributed by atoms with E-state index in [1.807, 2.05) is 31.2 Å². The number of hydrogen-bond donors (Lipinski definition) is 3. The summed E-state index contributed by atoms with van der Waals surface area (Å²) in [6.07, 6.45) is -0.207. The minimum absolute atomic E-state index is 0.157. The first-order valence-electron chi connectivity index (χ1n) is 9.14. The number of benzene rings is 2. The van der Waals surface area contributed by atoms with Crippen LogP contribution in [0.2, 0.25) is 5.02 Å². The van der Waals surface area contributed by atoms with Crippen LogP contribution in [0.1, 0.15) is 31.1 Å². The van der Waals surface area contributed by atoms with Crippen LogP contribution in [0.25, 0.3) is 0 Å². The van der Waals surface area contributed by atoms with Crippen LogP contribution >= 0.6 is 19.2 Å². The van der Waals surface area contributed by atoms with E-state index in [-0.39, 0.29) is 19.0 Å². The molecule has 8 heteroatoms. The van der Waals surface area contributed by atoms with Gasteiger partial charge in [-0.3, -0.25) is 4.57 Å². The number of rotatable bonds is 11. The summed E-state index contributed by atoms with van der Waals surface area (Å²) in [5, 5.41) is 14.2. The smallest absolute Gasteiger partial charge is 0.365 e. The molecule has 28 heavy (non-hydrogen) atoms. The summed E-state index contributed by atoms with van der Waals surface area (Å²) in [5.74, 6) is 0.511. The van der Waals surface area contributed by atoms with E-state index in [2.05, 4.69) is 5.32 Å². The quantitative estimate of drug-likeness (QED) is 0.467. The van der Waals surface area contributed by atoms with Gasteiger partial charge in [-0.15, -0.1) is 0 Å². The van der Waals surface area contributed by atoms with Crippen molar-refractivity contribution in [2.24, 2.45) is 0 Å². The zero-order chi connectivity index (χ0) is 20.6. The van der Waals surface area contributed by atoms with Crippen LogP contribution in [-0.4, -0.2) is 35.5 Å². The lowest BCUT2D eigenvalue weighted by Crippen LogP contribution is -2.32. The van der Waals surface area contributed by atoms with Crippen molar-refractivity contribution in [3.05, 3.63) is 64.7 Å². The SMILES string of the molecule is CCOP(=O)(O)COc1ccc(CC(C)NCC(O)c2ccc(Cl)cc2)cc1. The van der Waals surface area contributed by atoms with Crippen LogP contribution in [0, 0.1) is 0 Å². The van der Waals surface area contributed by atoms with E-state index >= 15 is 0 Å². The van der Waals surface area contributed by atoms with Crippen molar-refractivity contribution in [3.63, 3.8) is 0 Å². The van der Waals surface area contributed by atoms with Gasteiger partial charge in [0.2, 0.25) is 0 Å². The maximum absolute atomic E-state index is 11.6. The Morgan fingerprint density at radius 3 is 2.39 bits per heavy atom. The van der Waals surface area contributed by atoms with Crippen LogP contribution < -0.4 is 10.1 Å². The lowest BCUT2D eigenvalue weighted by atomic mass is 10.1. The Bertz CT molecular complexity index is 769. The largest absolute Gasteiger partial charge is 0.481 e. The van der Waals surface area contributed by atoms with Crippen LogP contribution in [0.4, 0.5) is 0 Å². The topological polar surface area (TPSA) is 88.0 Å². The molecule has 0 spiro atoms. The molecule has 2 aromatic carbocycles. The Hall–Kier alpha value is -1.40. The maximum Gasteiger partial charge on any atom is 0.365 e. The highest BCUT2D eigenvalue weighted by molar-refractivity contribution is 7.52. The van der Waals surface area contributed by atoms with Gasteiger partial charge in [-0.05, 0) is 55.7 Å². The molecular weight excluding hydrogens is 401 g/mol. The molecule has 0 saturated heterocycles. The van der Waals surface area contributed by atoms with Crippen molar-refractivity contribution in [3.8, 4) is 5.75 Å². The average Bonchev–Trinajstić information content (AvgIpc) is 2.66. The maximum atomic E-state index is 11.6. The van der Waals surface area contributed by atoms with Crippen molar-refractivity contribution >= 4 is 19.2 Å². The van der Waals surface area contributed by atoms with Gasteiger partial charge in [0, 0.05) is 17.6 Å². The van der Waals surface area contributed by atoms with Crippen LogP contribution in [-0.2, 0) is 15.5 Å². The zero-order valence-electron chi connectivity index (χ0n) is 16.0. The summed E-state index contributed by atoms with van der Waals surface area (Å²) in [6, 6.07) is 14.6. The van der Waals surface area contributed by atoms with Crippen LogP contribution in [0.5, 0.6) is 5.75 Å². The monoisotopic (exact) mass is 427 g/mol. The lowest BCUT2D eigenvalue weighted by molar-refractivity contribution is 0.170. The van der Waals surface area contributed by atoms with Gasteiger partial charge in [-0.1, -0.05) is 35.9 Å². The van der Waals surface area contributed by atoms with Crippen molar-refractivity contribution < 1.29 is 23.8 Å². The molecule has 154 valence electrons. The van der Waals surface area contributed by atoms with E-state index in [1.165, 1.54) is 0 Å². The average molecular weight is 428 g/mol. The first kappa shape index (κ1) is 22.9. The Balaban J connectivity index is 1.78. The van der Waals surface area contributed by atoms with Gasteiger partial charge in [0.15, 0.2) is 6.35 Å². The minimum Gasteiger partial charge on any atom is -0.481 e. The van der Waals surface area contributed by atoms with Gasteiger partial charge < -0.3 is 24.6 Å². The predicted octanol–water partition coefficient (Wildman–Crippen LogP) is 4.15. The predicted molar refractivity (Wildman–Crippen MR) is 111 cm³/mol. The third kappa shape index (κ3) is 7.92. The second kappa shape index (κ2) is 11.0. The van der Waals surface area contributed by atoms with Gasteiger partial charge >= 0.3 is 7.60 Å². The summed E-state index contributed by atoms with van der Waals surface area (Å²) in [7, 11) is -3.70. The molecule has 0 aromatic heterocycles. The number of aliphatic hydroxyl groups is 1. The summed E-state index contributed by atoms with van der Waals surface area (Å²) in [4.78, 5) is 9.52. The molecule has 0 aliphatic carbocycles. The van der Waals surface area contributed by atoms with Crippen molar-refractivity contribution in [1.82, 2.24) is 5.32 Å². The lowest BCUT2D eigenvalue weighted by Gasteiger charge is -2.18. The normalized spacial score (nSPS) is 15.6. The summed E-state index contributed by atoms with van der Waals surface area (Å²) in [5.41, 5.74) is 1.91. The fourth-order valence-corrected chi connectivity index (χ4v) is 3.57. The van der Waals surface area contributed by atoms with Crippen LogP contribution in [0.3, 0.4) is 0 Å². The molecule has 0 fully saturated rings. The van der Waals surface area contributed by atoms with Gasteiger partial charge in [-0.2, -0.15) is 0 Å². The number of nitrogens with one attached hydrogen (secondary N) is 1. The molecule has 2 aromatic rings. The zero-order valence-corrected chi connectivity index (χ0v) is 17.7. The van der Waals surface area contributed by atoms with Crippen molar-refractivity contribution in [1.29, 1.82) is 0 Å². The third-order valence-corrected chi connectivity index (χ3v) is 5.47. The van der Waals surface area contributed by atoms with E-state index in [0.29, 0.717) is 17.3 Å². The van der Waals surface area contributed by atoms with Crippen LogP contribution in [0.15, 0.2) is 48.5 Å². The molecule has 0 amide bonds. The Labute approximate surface area is 171 Å². The molecule has 0 saturated carbocycles. The molecule has 6 nitrogen and oxygen atoms in total. The molecule has 0 aliphatic heterocycles. The van der Waals surface area contributed by atoms with E-state index in [9.17, 15) is 14.6 Å². The fourth-order valence-electron chi connectivity index (χ4n) is 2.66. The molecule has 0 aliphatic rings. The second-order valence-electron chi connectivity index (χ2n) is 6.55. The van der Waals surface area contributed by atoms with E-state index < -0.39 is 13.7 Å². The summed E-state index contributed by atoms with van der Waals surface area (Å²) < 4.78 is 21.7. The van der Waals surface area contributed by atoms with E-state index in [4.69, 9.17) is 20.9 Å². The molecule has 3 unspecified atom stereocenters. The van der Waals surface area contributed by atoms with Gasteiger partial charge in [0.1, 0.15) is 5.75 Å². The highest BCUT2D eigenvalue weighted by atomic mass is 35.5. The van der Waals surface area contributed by atoms with Crippen molar-refractivity contribution in [2.75, 3.05) is 19.5 Å². The minimum atomic E-state index is -3.70. The fraction of sp³-hybridized carbons (Fsp3) is 0.400. The highest BCUT2D eigenvalue weighted by Gasteiger charge is 2.19. The Kier molecular flexibility index (Phi) is 8.96. The number of hydrogen-bond acceptors (Lipinski definition) is 5. The van der Waals surface area contributed by atoms with E-state index in [0.717, 1.165) is 17.5 Å². The second-order valence-corrected chi connectivity index (χ2v) is 8.78. The number of ether oxygens (including phenoxy) is 1. The van der Waals surface area contributed by atoms with E-state index in [1.54, 1.807) is 31.2 Å². The third-order valence-electron chi connectivity index (χ3n) is 4.10. The standard InChI is InChI=1S/C20H27ClNO5P/c1-3-27-28(24,25)14-26-19-10-4-16(5-11-19)12-15(2)22-13-20(23)17-6-8-18(21)9-7-17/h4-11,15,20,22-23H,3,12-14H2,1-2H3,(H,24,25). The summed E-state index contributed by atoms with van der Waals surface area (Å²) >= 11 is 5.86. The molecule has 3 atom stereocenters. The van der Waals surface area contributed by atoms with Crippen molar-refractivity contribution in [2.45, 2.75) is 32.4 Å². The molecule has 2 rings (SSSR count). The Morgan fingerprint density at radius 2 is 1.79 bits per heavy atom. The molecule has 0 bridgehead atoms. The number of aliphatic hydroxyl groups excluding tert-OH is 1. The van der Waals surface area contributed by atoms with Gasteiger partial charge in [-0.25, -0.2) is 0 Å².